The van der Waals surface area contributed by atoms with Crippen molar-refractivity contribution in [1.82, 2.24) is 0 Å². The van der Waals surface area contributed by atoms with Crippen molar-refractivity contribution in [3.8, 4) is 0 Å². The number of anilines is 2. The largest absolute Gasteiger partial charge is 0.378 e. The number of carbonyl (C=O) groups excluding carboxylic acids is 2. The van der Waals surface area contributed by atoms with Crippen LogP contribution in [0.25, 0.3) is 5.57 Å². The normalized spacial score (nSPS) is 16.0. The van der Waals surface area contributed by atoms with Crippen molar-refractivity contribution in [2.24, 2.45) is 5.41 Å². The molecule has 0 unspecified atom stereocenters. The fourth-order valence-corrected chi connectivity index (χ4v) is 3.85. The van der Waals surface area contributed by atoms with Gasteiger partial charge in [0.2, 0.25) is 0 Å². The number of hydrogen-bond acceptors (Lipinski definition) is 4. The van der Waals surface area contributed by atoms with E-state index in [0.717, 1.165) is 28.1 Å². The van der Waals surface area contributed by atoms with Crippen molar-refractivity contribution in [2.45, 2.75) is 26.7 Å². The summed E-state index contributed by atoms with van der Waals surface area (Å²) in [4.78, 5) is 30.2. The van der Waals surface area contributed by atoms with Crippen molar-refractivity contribution in [3.05, 3.63) is 65.2 Å². The Kier molecular flexibility index (Phi) is 5.65. The second-order valence-corrected chi connectivity index (χ2v) is 9.00. The second kappa shape index (κ2) is 7.86. The summed E-state index contributed by atoms with van der Waals surface area (Å²) >= 11 is 0. The van der Waals surface area contributed by atoms with Crippen LogP contribution in [0.3, 0.4) is 0 Å². The van der Waals surface area contributed by atoms with E-state index in [-0.39, 0.29) is 17.0 Å². The van der Waals surface area contributed by atoms with Crippen molar-refractivity contribution in [2.75, 3.05) is 38.0 Å². The molecule has 0 aliphatic heterocycles. The van der Waals surface area contributed by atoms with Gasteiger partial charge in [0.1, 0.15) is 0 Å². The maximum absolute atomic E-state index is 13.1. The van der Waals surface area contributed by atoms with Crippen LogP contribution in [0, 0.1) is 5.41 Å². The minimum Gasteiger partial charge on any atom is -0.378 e. The van der Waals surface area contributed by atoms with Crippen molar-refractivity contribution >= 4 is 28.5 Å². The van der Waals surface area contributed by atoms with Gasteiger partial charge in [0.05, 0.1) is 5.57 Å². The van der Waals surface area contributed by atoms with Gasteiger partial charge in [-0.15, -0.1) is 0 Å². The average molecular weight is 391 g/mol. The summed E-state index contributed by atoms with van der Waals surface area (Å²) < 4.78 is 0. The molecule has 29 heavy (non-hydrogen) atoms. The number of hydrogen-bond donors (Lipinski definition) is 0. The molecule has 0 aromatic heterocycles. The van der Waals surface area contributed by atoms with Crippen LogP contribution in [0.2, 0.25) is 0 Å². The Morgan fingerprint density at radius 3 is 1.34 bits per heavy atom. The molecule has 0 bridgehead atoms. The van der Waals surface area contributed by atoms with E-state index in [1.165, 1.54) is 0 Å². The van der Waals surface area contributed by atoms with Gasteiger partial charge < -0.3 is 9.80 Å². The van der Waals surface area contributed by atoms with E-state index in [1.807, 2.05) is 100 Å². The number of ketones is 2. The van der Waals surface area contributed by atoms with Crippen LogP contribution in [0.1, 0.15) is 37.8 Å². The minimum absolute atomic E-state index is 0.0605. The third kappa shape index (κ3) is 4.42. The summed E-state index contributed by atoms with van der Waals surface area (Å²) in [5, 5.41) is 0. The lowest BCUT2D eigenvalue weighted by molar-refractivity contribution is -0.127. The van der Waals surface area contributed by atoms with Crippen LogP contribution in [0.5, 0.6) is 0 Å². The maximum atomic E-state index is 13.1. The number of carbonyl (C=O) groups is 2. The van der Waals surface area contributed by atoms with Gasteiger partial charge in [0, 0.05) is 58.0 Å². The van der Waals surface area contributed by atoms with Crippen molar-refractivity contribution in [3.63, 3.8) is 0 Å². The summed E-state index contributed by atoms with van der Waals surface area (Å²) in [6, 6.07) is 16.1. The van der Waals surface area contributed by atoms with Crippen LogP contribution in [-0.4, -0.2) is 39.8 Å². The third-order valence-corrected chi connectivity index (χ3v) is 5.43. The van der Waals surface area contributed by atoms with E-state index >= 15 is 0 Å². The zero-order valence-corrected chi connectivity index (χ0v) is 18.2. The van der Waals surface area contributed by atoms with Gasteiger partial charge in [-0.25, -0.2) is 0 Å². The zero-order valence-electron chi connectivity index (χ0n) is 18.2. The molecule has 4 heteroatoms. The molecule has 0 atom stereocenters. The molecular weight excluding hydrogens is 360 g/mol. The summed E-state index contributed by atoms with van der Waals surface area (Å²) in [6.07, 6.45) is 0.784. The third-order valence-electron chi connectivity index (χ3n) is 5.43. The smallest absolute Gasteiger partial charge is 0.167 e. The monoisotopic (exact) mass is 390 g/mol. The summed E-state index contributed by atoms with van der Waals surface area (Å²) in [5.74, 6) is -0.121. The molecule has 1 saturated carbocycles. The number of benzene rings is 2. The van der Waals surface area contributed by atoms with E-state index < -0.39 is 0 Å². The van der Waals surface area contributed by atoms with Crippen LogP contribution < -0.4 is 9.80 Å². The first kappa shape index (κ1) is 20.8. The van der Waals surface area contributed by atoms with E-state index in [9.17, 15) is 9.59 Å². The molecular formula is C25H30N2O2. The van der Waals surface area contributed by atoms with Gasteiger partial charge in [-0.1, -0.05) is 38.1 Å². The van der Waals surface area contributed by atoms with Gasteiger partial charge in [0.25, 0.3) is 0 Å². The number of Topliss-reactive ketones (excluding diaryl/α,β-unsaturated/α-hetero) is 2. The molecule has 3 rings (SSSR count). The molecule has 1 aliphatic carbocycles. The first-order valence-corrected chi connectivity index (χ1v) is 9.95. The molecule has 0 amide bonds. The Labute approximate surface area is 173 Å². The summed E-state index contributed by atoms with van der Waals surface area (Å²) in [6.45, 7) is 3.97. The molecule has 0 N–H and O–H groups in total. The SMILES string of the molecule is CN(C)c1ccc(C(=C2C(=O)CC(C)(C)CC2=O)c2ccc(N(C)C)cc2)cc1. The van der Waals surface area contributed by atoms with Crippen LogP contribution in [-0.2, 0) is 9.59 Å². The quantitative estimate of drug-likeness (QED) is 0.566. The van der Waals surface area contributed by atoms with E-state index in [2.05, 4.69) is 0 Å². The molecule has 152 valence electrons. The minimum atomic E-state index is -0.285. The van der Waals surface area contributed by atoms with Gasteiger partial charge >= 0.3 is 0 Å². The van der Waals surface area contributed by atoms with Crippen molar-refractivity contribution < 1.29 is 9.59 Å². The lowest BCUT2D eigenvalue weighted by atomic mass is 9.72. The highest BCUT2D eigenvalue weighted by Gasteiger charge is 2.37. The van der Waals surface area contributed by atoms with E-state index in [0.29, 0.717) is 18.4 Å². The Hall–Kier alpha value is -2.88. The summed E-state index contributed by atoms with van der Waals surface area (Å²) in [5.41, 5.74) is 4.73. The van der Waals surface area contributed by atoms with E-state index in [4.69, 9.17) is 0 Å². The lowest BCUT2D eigenvalue weighted by Crippen LogP contribution is -2.32. The Morgan fingerprint density at radius 2 is 1.03 bits per heavy atom. The predicted molar refractivity (Wildman–Crippen MR) is 121 cm³/mol. The topological polar surface area (TPSA) is 40.6 Å². The number of nitrogens with zero attached hydrogens (tertiary/aromatic N) is 2. The molecule has 0 radical (unpaired) electrons. The number of rotatable bonds is 4. The van der Waals surface area contributed by atoms with Gasteiger partial charge in [-0.2, -0.15) is 0 Å². The molecule has 0 saturated heterocycles. The van der Waals surface area contributed by atoms with Crippen molar-refractivity contribution in [1.29, 1.82) is 0 Å². The highest BCUT2D eigenvalue weighted by Crippen LogP contribution is 2.39. The summed E-state index contributed by atoms with van der Waals surface area (Å²) in [7, 11) is 7.96. The van der Waals surface area contributed by atoms with Crippen LogP contribution in [0.4, 0.5) is 11.4 Å². The van der Waals surface area contributed by atoms with Gasteiger partial charge in [-0.05, 0) is 40.8 Å². The molecule has 0 spiro atoms. The molecule has 4 nitrogen and oxygen atoms in total. The highest BCUT2D eigenvalue weighted by atomic mass is 16.2. The molecule has 2 aromatic carbocycles. The lowest BCUT2D eigenvalue weighted by Gasteiger charge is -2.30. The fraction of sp³-hybridized carbons (Fsp3) is 0.360. The molecule has 2 aromatic rings. The average Bonchev–Trinajstić information content (AvgIpc) is 2.64. The zero-order chi connectivity index (χ0) is 21.3. The second-order valence-electron chi connectivity index (χ2n) is 9.00. The molecule has 1 fully saturated rings. The predicted octanol–water partition coefficient (Wildman–Crippen LogP) is 4.58. The Morgan fingerprint density at radius 1 is 0.690 bits per heavy atom. The van der Waals surface area contributed by atoms with Gasteiger partial charge in [-0.3, -0.25) is 9.59 Å². The highest BCUT2D eigenvalue weighted by molar-refractivity contribution is 6.28. The first-order chi connectivity index (χ1) is 13.6. The standard InChI is InChI=1S/C25H30N2O2/c1-25(2)15-21(28)24(22(29)16-25)23(17-7-11-19(12-8-17)26(3)4)18-9-13-20(14-10-18)27(5)6/h7-14H,15-16H2,1-6H3. The molecule has 0 heterocycles. The van der Waals surface area contributed by atoms with Crippen LogP contribution in [0.15, 0.2) is 54.1 Å². The maximum Gasteiger partial charge on any atom is 0.167 e. The first-order valence-electron chi connectivity index (χ1n) is 9.95. The Bertz CT molecular complexity index is 874. The van der Waals surface area contributed by atoms with E-state index in [1.54, 1.807) is 0 Å². The van der Waals surface area contributed by atoms with Gasteiger partial charge in [0.15, 0.2) is 11.6 Å². The number of allylic oxidation sites excluding steroid dienone is 1. The Balaban J connectivity index is 2.19. The van der Waals surface area contributed by atoms with Crippen LogP contribution >= 0.6 is 0 Å². The molecule has 1 aliphatic rings. The fourth-order valence-electron chi connectivity index (χ4n) is 3.85.